The maximum absolute atomic E-state index is 12.2. The first-order chi connectivity index (χ1) is 11.5. The summed E-state index contributed by atoms with van der Waals surface area (Å²) >= 11 is 6.51. The Bertz CT molecular complexity index is 621. The molecule has 2 aliphatic rings. The molecule has 5 heteroatoms. The Morgan fingerprint density at radius 1 is 1.46 bits per heavy atom. The molecule has 1 saturated heterocycles. The van der Waals surface area contributed by atoms with Crippen LogP contribution in [0.25, 0.3) is 0 Å². The lowest BCUT2D eigenvalue weighted by Gasteiger charge is -2.39. The van der Waals surface area contributed by atoms with E-state index in [1.54, 1.807) is 0 Å². The first kappa shape index (κ1) is 17.6. The number of amides is 1. The third-order valence-electron chi connectivity index (χ3n) is 5.83. The second kappa shape index (κ2) is 6.93. The quantitative estimate of drug-likeness (QED) is 0.798. The van der Waals surface area contributed by atoms with Gasteiger partial charge in [-0.1, -0.05) is 24.6 Å². The number of ether oxygens (including phenoxy) is 1. The number of nitrogens with one attached hydrogen (secondary N) is 1. The predicted octanol–water partition coefficient (Wildman–Crippen LogP) is 3.51. The van der Waals surface area contributed by atoms with E-state index >= 15 is 0 Å². The minimum atomic E-state index is -0.226. The van der Waals surface area contributed by atoms with Crippen LogP contribution in [0.3, 0.4) is 0 Å². The fourth-order valence-electron chi connectivity index (χ4n) is 4.32. The molecule has 2 N–H and O–H groups in total. The van der Waals surface area contributed by atoms with E-state index in [1.807, 2.05) is 12.1 Å². The van der Waals surface area contributed by atoms with E-state index in [9.17, 15) is 4.79 Å². The molecule has 3 rings (SSSR count). The van der Waals surface area contributed by atoms with E-state index in [2.05, 4.69) is 25.2 Å². The normalized spacial score (nSPS) is 32.3. The van der Waals surface area contributed by atoms with Crippen molar-refractivity contribution in [2.75, 3.05) is 13.2 Å². The van der Waals surface area contributed by atoms with Crippen LogP contribution >= 0.6 is 11.6 Å². The Labute approximate surface area is 148 Å². The van der Waals surface area contributed by atoms with Gasteiger partial charge in [0.05, 0.1) is 12.0 Å². The summed E-state index contributed by atoms with van der Waals surface area (Å²) in [5.74, 6) is 1.69. The van der Waals surface area contributed by atoms with Crippen molar-refractivity contribution in [2.24, 2.45) is 11.3 Å². The third-order valence-corrected chi connectivity index (χ3v) is 6.16. The maximum Gasteiger partial charge on any atom is 0.226 e. The highest BCUT2D eigenvalue weighted by atomic mass is 35.5. The van der Waals surface area contributed by atoms with Crippen LogP contribution in [0.5, 0.6) is 5.75 Å². The molecule has 1 aromatic carbocycles. The highest BCUT2D eigenvalue weighted by Crippen LogP contribution is 2.52. The molecular formula is C19H26ClNO3. The average Bonchev–Trinajstić information content (AvgIpc) is 2.77. The zero-order chi connectivity index (χ0) is 17.3. The number of hydrogen-bond donors (Lipinski definition) is 2. The Morgan fingerprint density at radius 2 is 2.25 bits per heavy atom. The van der Waals surface area contributed by atoms with Gasteiger partial charge in [-0.05, 0) is 55.7 Å². The summed E-state index contributed by atoms with van der Waals surface area (Å²) in [6.45, 7) is 4.82. The van der Waals surface area contributed by atoms with E-state index in [-0.39, 0.29) is 24.0 Å². The Morgan fingerprint density at radius 3 is 2.96 bits per heavy atom. The lowest BCUT2D eigenvalue weighted by atomic mass is 9.63. The smallest absolute Gasteiger partial charge is 0.226 e. The minimum absolute atomic E-state index is 0.124. The molecular weight excluding hydrogens is 326 g/mol. The van der Waals surface area contributed by atoms with E-state index in [0.29, 0.717) is 24.9 Å². The van der Waals surface area contributed by atoms with Crippen molar-refractivity contribution in [1.29, 1.82) is 0 Å². The van der Waals surface area contributed by atoms with Crippen molar-refractivity contribution in [3.8, 4) is 5.75 Å². The van der Waals surface area contributed by atoms with Gasteiger partial charge < -0.3 is 15.2 Å². The van der Waals surface area contributed by atoms with Crippen molar-refractivity contribution >= 4 is 17.5 Å². The monoisotopic (exact) mass is 351 g/mol. The molecule has 1 unspecified atom stereocenters. The number of rotatable bonds is 5. The summed E-state index contributed by atoms with van der Waals surface area (Å²) in [6, 6.07) is 6.10. The third kappa shape index (κ3) is 3.14. The van der Waals surface area contributed by atoms with E-state index in [0.717, 1.165) is 35.6 Å². The number of halogens is 1. The zero-order valence-electron chi connectivity index (χ0n) is 14.3. The lowest BCUT2D eigenvalue weighted by Crippen LogP contribution is -2.36. The van der Waals surface area contributed by atoms with E-state index in [4.69, 9.17) is 21.4 Å². The minimum Gasteiger partial charge on any atom is -0.493 e. The molecule has 0 bridgehead atoms. The number of carbonyl (C=O) groups is 1. The number of aliphatic hydroxyl groups excluding tert-OH is 1. The maximum atomic E-state index is 12.2. The number of benzene rings is 1. The molecule has 1 amide bonds. The zero-order valence-corrected chi connectivity index (χ0v) is 15.1. The topological polar surface area (TPSA) is 58.6 Å². The number of carbonyl (C=O) groups excluding carboxylic acids is 1. The molecule has 1 aliphatic heterocycles. The first-order valence-corrected chi connectivity index (χ1v) is 9.17. The summed E-state index contributed by atoms with van der Waals surface area (Å²) in [6.07, 6.45) is 3.49. The van der Waals surface area contributed by atoms with Crippen LogP contribution in [0.4, 0.5) is 0 Å². The molecule has 0 aromatic heterocycles. The van der Waals surface area contributed by atoms with Gasteiger partial charge in [0.2, 0.25) is 5.91 Å². The van der Waals surface area contributed by atoms with Gasteiger partial charge in [0.1, 0.15) is 5.75 Å². The number of fused-ring (bicyclic) bond motifs is 1. The molecule has 1 aliphatic carbocycles. The molecule has 2 fully saturated rings. The number of aliphatic hydroxyl groups is 1. The molecule has 24 heavy (non-hydrogen) atoms. The standard InChI is InChI=1S/C19H26ClNO3/c1-12-16-10-13(6-7-19(16,2)18(23)21-12)15-5-4-14(11-17(15)20)24-9-3-8-22/h4-5,11-13,16,22H,3,6-10H2,1-2H3,(H,21,23)/t12-,13?,16-,19-/m1/s1. The molecule has 4 nitrogen and oxygen atoms in total. The second-order valence-electron chi connectivity index (χ2n) is 7.37. The van der Waals surface area contributed by atoms with Gasteiger partial charge in [-0.3, -0.25) is 4.79 Å². The van der Waals surface area contributed by atoms with Crippen molar-refractivity contribution in [3.63, 3.8) is 0 Å². The lowest BCUT2D eigenvalue weighted by molar-refractivity contribution is -0.129. The van der Waals surface area contributed by atoms with Crippen molar-refractivity contribution in [3.05, 3.63) is 28.8 Å². The second-order valence-corrected chi connectivity index (χ2v) is 7.77. The molecule has 0 radical (unpaired) electrons. The van der Waals surface area contributed by atoms with Crippen LogP contribution in [0.2, 0.25) is 5.02 Å². The van der Waals surface area contributed by atoms with Crippen LogP contribution in [0, 0.1) is 11.3 Å². The highest BCUT2D eigenvalue weighted by Gasteiger charge is 2.52. The van der Waals surface area contributed by atoms with Gasteiger partial charge in [-0.2, -0.15) is 0 Å². The molecule has 1 aromatic rings. The molecule has 1 saturated carbocycles. The highest BCUT2D eigenvalue weighted by molar-refractivity contribution is 6.31. The molecule has 4 atom stereocenters. The van der Waals surface area contributed by atoms with E-state index in [1.165, 1.54) is 0 Å². The van der Waals surface area contributed by atoms with Crippen molar-refractivity contribution in [1.82, 2.24) is 5.32 Å². The Balaban J connectivity index is 1.72. The first-order valence-electron chi connectivity index (χ1n) is 8.80. The summed E-state index contributed by atoms with van der Waals surface area (Å²) in [5, 5.41) is 12.7. The van der Waals surface area contributed by atoms with Gasteiger partial charge in [0.25, 0.3) is 0 Å². The average molecular weight is 352 g/mol. The molecule has 132 valence electrons. The Hall–Kier alpha value is -1.26. The molecule has 1 heterocycles. The van der Waals surface area contributed by atoms with Gasteiger partial charge in [0.15, 0.2) is 0 Å². The summed E-state index contributed by atoms with van der Waals surface area (Å²) in [4.78, 5) is 12.2. The number of hydrogen-bond acceptors (Lipinski definition) is 3. The van der Waals surface area contributed by atoms with Crippen LogP contribution in [0.1, 0.15) is 51.0 Å². The largest absolute Gasteiger partial charge is 0.493 e. The fraction of sp³-hybridized carbons (Fsp3) is 0.632. The van der Waals surface area contributed by atoms with Crippen molar-refractivity contribution in [2.45, 2.75) is 51.5 Å². The van der Waals surface area contributed by atoms with Crippen LogP contribution in [0.15, 0.2) is 18.2 Å². The van der Waals surface area contributed by atoms with Crippen molar-refractivity contribution < 1.29 is 14.6 Å². The summed E-state index contributed by atoms with van der Waals surface area (Å²) < 4.78 is 5.59. The van der Waals surface area contributed by atoms with Gasteiger partial charge in [-0.25, -0.2) is 0 Å². The summed E-state index contributed by atoms with van der Waals surface area (Å²) in [5.41, 5.74) is 0.926. The summed E-state index contributed by atoms with van der Waals surface area (Å²) in [7, 11) is 0. The van der Waals surface area contributed by atoms with E-state index < -0.39 is 0 Å². The molecule has 0 spiro atoms. The van der Waals surface area contributed by atoms with Gasteiger partial charge >= 0.3 is 0 Å². The van der Waals surface area contributed by atoms with Crippen LogP contribution < -0.4 is 10.1 Å². The fourth-order valence-corrected chi connectivity index (χ4v) is 4.64. The predicted molar refractivity (Wildman–Crippen MR) is 94.4 cm³/mol. The van der Waals surface area contributed by atoms with Gasteiger partial charge in [0, 0.05) is 24.1 Å². The Kier molecular flexibility index (Phi) is 5.07. The van der Waals surface area contributed by atoms with Crippen LogP contribution in [-0.4, -0.2) is 30.3 Å². The van der Waals surface area contributed by atoms with Crippen LogP contribution in [-0.2, 0) is 4.79 Å². The SMILES string of the molecule is C[C@H]1NC(=O)[C@]2(C)CCC(c3ccc(OCCCO)cc3Cl)C[C@H]12. The van der Waals surface area contributed by atoms with Gasteiger partial charge in [-0.15, -0.1) is 0 Å².